The third-order valence-corrected chi connectivity index (χ3v) is 5.35. The number of benzene rings is 1. The SMILES string of the molecule is O=C(CN1CCN(C(=O)Nc2cccc3cccnc23)CC1)N1CCCC1. The number of aromatic nitrogens is 1. The fourth-order valence-electron chi connectivity index (χ4n) is 3.77. The molecule has 0 saturated carbocycles. The first kappa shape index (κ1) is 17.7. The van der Waals surface area contributed by atoms with Crippen LogP contribution in [-0.2, 0) is 4.79 Å². The standard InChI is InChI=1S/C20H25N5O2/c26-18(24-9-1-2-10-24)15-23-11-13-25(14-12-23)20(27)22-17-7-3-5-16-6-4-8-21-19(16)17/h3-8H,1-2,9-15H2,(H,22,27). The lowest BCUT2D eigenvalue weighted by molar-refractivity contribution is -0.131. The number of nitrogens with one attached hydrogen (secondary N) is 1. The molecular weight excluding hydrogens is 342 g/mol. The van der Waals surface area contributed by atoms with Gasteiger partial charge < -0.3 is 15.1 Å². The van der Waals surface area contributed by atoms with Crippen molar-refractivity contribution in [2.75, 3.05) is 51.1 Å². The molecule has 4 rings (SSSR count). The number of hydrogen-bond donors (Lipinski definition) is 1. The van der Waals surface area contributed by atoms with Crippen molar-refractivity contribution in [3.63, 3.8) is 0 Å². The molecular formula is C20H25N5O2. The number of urea groups is 1. The van der Waals surface area contributed by atoms with Crippen molar-refractivity contribution in [1.82, 2.24) is 19.7 Å². The molecule has 7 heteroatoms. The van der Waals surface area contributed by atoms with Crippen molar-refractivity contribution in [3.8, 4) is 0 Å². The minimum Gasteiger partial charge on any atom is -0.342 e. The van der Waals surface area contributed by atoms with Crippen LogP contribution in [-0.4, -0.2) is 77.4 Å². The third kappa shape index (κ3) is 4.03. The molecule has 7 nitrogen and oxygen atoms in total. The van der Waals surface area contributed by atoms with Gasteiger partial charge in [-0.25, -0.2) is 4.79 Å². The van der Waals surface area contributed by atoms with Crippen LogP contribution in [0.2, 0.25) is 0 Å². The zero-order valence-corrected chi connectivity index (χ0v) is 15.4. The van der Waals surface area contributed by atoms with Crippen LogP contribution in [0.1, 0.15) is 12.8 Å². The van der Waals surface area contributed by atoms with Crippen molar-refractivity contribution in [1.29, 1.82) is 0 Å². The lowest BCUT2D eigenvalue weighted by atomic mass is 10.2. The van der Waals surface area contributed by atoms with E-state index in [1.54, 1.807) is 11.1 Å². The summed E-state index contributed by atoms with van der Waals surface area (Å²) in [6, 6.07) is 9.53. The smallest absolute Gasteiger partial charge is 0.321 e. The largest absolute Gasteiger partial charge is 0.342 e. The van der Waals surface area contributed by atoms with Crippen LogP contribution in [0.3, 0.4) is 0 Å². The number of fused-ring (bicyclic) bond motifs is 1. The summed E-state index contributed by atoms with van der Waals surface area (Å²) in [7, 11) is 0. The molecule has 3 amide bonds. The van der Waals surface area contributed by atoms with Gasteiger partial charge in [0, 0.05) is 50.9 Å². The molecule has 2 aliphatic heterocycles. The van der Waals surface area contributed by atoms with Gasteiger partial charge >= 0.3 is 6.03 Å². The summed E-state index contributed by atoms with van der Waals surface area (Å²) in [4.78, 5) is 35.2. The van der Waals surface area contributed by atoms with Crippen LogP contribution in [0.15, 0.2) is 36.5 Å². The number of amides is 3. The zero-order valence-electron chi connectivity index (χ0n) is 15.4. The van der Waals surface area contributed by atoms with E-state index in [0.717, 1.165) is 55.6 Å². The van der Waals surface area contributed by atoms with Crippen LogP contribution in [0.25, 0.3) is 10.9 Å². The van der Waals surface area contributed by atoms with Crippen LogP contribution in [0, 0.1) is 0 Å². The highest BCUT2D eigenvalue weighted by Crippen LogP contribution is 2.21. The van der Waals surface area contributed by atoms with Gasteiger partial charge in [0.2, 0.25) is 5.91 Å². The first-order valence-electron chi connectivity index (χ1n) is 9.60. The number of nitrogens with zero attached hydrogens (tertiary/aromatic N) is 4. The zero-order chi connectivity index (χ0) is 18.6. The summed E-state index contributed by atoms with van der Waals surface area (Å²) in [5.74, 6) is 0.215. The van der Waals surface area contributed by atoms with E-state index in [1.807, 2.05) is 35.2 Å². The van der Waals surface area contributed by atoms with Crippen molar-refractivity contribution < 1.29 is 9.59 Å². The highest BCUT2D eigenvalue weighted by molar-refractivity contribution is 5.99. The van der Waals surface area contributed by atoms with Crippen molar-refractivity contribution in [2.45, 2.75) is 12.8 Å². The highest BCUT2D eigenvalue weighted by Gasteiger charge is 2.25. The molecule has 2 aliphatic rings. The van der Waals surface area contributed by atoms with E-state index < -0.39 is 0 Å². The second-order valence-corrected chi connectivity index (χ2v) is 7.16. The van der Waals surface area contributed by atoms with Gasteiger partial charge in [0.1, 0.15) is 0 Å². The van der Waals surface area contributed by atoms with Crippen LogP contribution >= 0.6 is 0 Å². The van der Waals surface area contributed by atoms with E-state index >= 15 is 0 Å². The number of para-hydroxylation sites is 1. The Morgan fingerprint density at radius 1 is 0.926 bits per heavy atom. The second kappa shape index (κ2) is 7.92. The Hall–Kier alpha value is -2.67. The molecule has 142 valence electrons. The van der Waals surface area contributed by atoms with Gasteiger partial charge in [-0.15, -0.1) is 0 Å². The highest BCUT2D eigenvalue weighted by atomic mass is 16.2. The van der Waals surface area contributed by atoms with Gasteiger partial charge in [0.25, 0.3) is 0 Å². The van der Waals surface area contributed by atoms with E-state index in [9.17, 15) is 9.59 Å². The van der Waals surface area contributed by atoms with Crippen LogP contribution in [0.5, 0.6) is 0 Å². The van der Waals surface area contributed by atoms with Crippen LogP contribution in [0.4, 0.5) is 10.5 Å². The van der Waals surface area contributed by atoms with Crippen molar-refractivity contribution in [3.05, 3.63) is 36.5 Å². The number of hydrogen-bond acceptors (Lipinski definition) is 4. The Bertz CT molecular complexity index is 821. The summed E-state index contributed by atoms with van der Waals surface area (Å²) in [6.07, 6.45) is 3.96. The minimum atomic E-state index is -0.112. The first-order valence-corrected chi connectivity index (χ1v) is 9.60. The summed E-state index contributed by atoms with van der Waals surface area (Å²) in [5.41, 5.74) is 1.52. The average molecular weight is 367 g/mol. The van der Waals surface area contributed by atoms with Gasteiger partial charge in [-0.1, -0.05) is 18.2 Å². The maximum atomic E-state index is 12.6. The number of rotatable bonds is 3. The molecule has 0 aliphatic carbocycles. The maximum Gasteiger partial charge on any atom is 0.321 e. The molecule has 0 radical (unpaired) electrons. The van der Waals surface area contributed by atoms with Gasteiger partial charge in [0.15, 0.2) is 0 Å². The fourth-order valence-corrected chi connectivity index (χ4v) is 3.77. The summed E-state index contributed by atoms with van der Waals surface area (Å²) < 4.78 is 0. The summed E-state index contributed by atoms with van der Waals surface area (Å²) in [5, 5.41) is 3.99. The fraction of sp³-hybridized carbons (Fsp3) is 0.450. The number of likely N-dealkylation sites (tertiary alicyclic amines) is 1. The van der Waals surface area contributed by atoms with Gasteiger partial charge in [-0.2, -0.15) is 0 Å². The molecule has 1 N–H and O–H groups in total. The van der Waals surface area contributed by atoms with E-state index in [-0.39, 0.29) is 11.9 Å². The quantitative estimate of drug-likeness (QED) is 0.901. The van der Waals surface area contributed by atoms with Gasteiger partial charge in [0.05, 0.1) is 17.7 Å². The molecule has 1 aromatic carbocycles. The molecule has 2 saturated heterocycles. The van der Waals surface area contributed by atoms with E-state index in [1.165, 1.54) is 0 Å². The lowest BCUT2D eigenvalue weighted by Crippen LogP contribution is -2.52. The topological polar surface area (TPSA) is 68.8 Å². The van der Waals surface area contributed by atoms with Crippen LogP contribution < -0.4 is 5.32 Å². The Morgan fingerprint density at radius 2 is 1.67 bits per heavy atom. The number of piperazine rings is 1. The molecule has 1 aromatic heterocycles. The predicted octanol–water partition coefficient (Wildman–Crippen LogP) is 2.01. The molecule has 2 aromatic rings. The number of carbonyl (C=O) groups is 2. The maximum absolute atomic E-state index is 12.6. The summed E-state index contributed by atoms with van der Waals surface area (Å²) >= 11 is 0. The lowest BCUT2D eigenvalue weighted by Gasteiger charge is -2.35. The molecule has 2 fully saturated rings. The molecule has 3 heterocycles. The number of carbonyl (C=O) groups excluding carboxylic acids is 2. The third-order valence-electron chi connectivity index (χ3n) is 5.35. The average Bonchev–Trinajstić information content (AvgIpc) is 3.24. The summed E-state index contributed by atoms with van der Waals surface area (Å²) in [6.45, 7) is 4.93. The Labute approximate surface area is 158 Å². The number of anilines is 1. The Kier molecular flexibility index (Phi) is 5.20. The predicted molar refractivity (Wildman–Crippen MR) is 105 cm³/mol. The molecule has 0 atom stereocenters. The van der Waals surface area contributed by atoms with Crippen molar-refractivity contribution >= 4 is 28.5 Å². The molecule has 27 heavy (non-hydrogen) atoms. The van der Waals surface area contributed by atoms with Gasteiger partial charge in [-0.3, -0.25) is 14.7 Å². The Balaban J connectivity index is 1.31. The molecule has 0 unspecified atom stereocenters. The molecule has 0 bridgehead atoms. The second-order valence-electron chi connectivity index (χ2n) is 7.16. The van der Waals surface area contributed by atoms with E-state index in [2.05, 4.69) is 15.2 Å². The minimum absolute atomic E-state index is 0.112. The van der Waals surface area contributed by atoms with E-state index in [0.29, 0.717) is 19.6 Å². The Morgan fingerprint density at radius 3 is 2.44 bits per heavy atom. The van der Waals surface area contributed by atoms with Gasteiger partial charge in [-0.05, 0) is 25.0 Å². The monoisotopic (exact) mass is 367 g/mol. The first-order chi connectivity index (χ1) is 13.2. The van der Waals surface area contributed by atoms with E-state index in [4.69, 9.17) is 0 Å². The normalized spacial score (nSPS) is 18.1. The van der Waals surface area contributed by atoms with Crippen molar-refractivity contribution in [2.24, 2.45) is 0 Å². The molecule has 0 spiro atoms. The number of pyridine rings is 1.